The predicted molar refractivity (Wildman–Crippen MR) is 54.5 cm³/mol. The first-order valence-electron chi connectivity index (χ1n) is 4.28. The zero-order valence-electron chi connectivity index (χ0n) is 7.75. The molecule has 0 bridgehead atoms. The van der Waals surface area contributed by atoms with Crippen molar-refractivity contribution in [1.29, 1.82) is 5.26 Å². The molecular weight excluding hydrogens is 188 g/mol. The third-order valence-electron chi connectivity index (χ3n) is 1.97. The second kappa shape index (κ2) is 3.65. The fourth-order valence-electron chi connectivity index (χ4n) is 1.29. The van der Waals surface area contributed by atoms with Crippen LogP contribution < -0.4 is 0 Å². The zero-order valence-corrected chi connectivity index (χ0v) is 7.75. The van der Waals surface area contributed by atoms with Crippen LogP contribution in [0.3, 0.4) is 0 Å². The Hall–Kier alpha value is -2.59. The molecule has 0 atom stereocenters. The van der Waals surface area contributed by atoms with Crippen LogP contribution in [0.25, 0.3) is 10.5 Å². The summed E-state index contributed by atoms with van der Waals surface area (Å²) in [5, 5.41) is 12.8. The number of aromatic nitrogens is 2. The number of nitriles is 1. The maximum atomic E-state index is 8.76. The van der Waals surface area contributed by atoms with Gasteiger partial charge in [-0.25, -0.2) is 0 Å². The van der Waals surface area contributed by atoms with Gasteiger partial charge in [0, 0.05) is 0 Å². The molecule has 0 N–H and O–H groups in total. The molecule has 1 aromatic heterocycles. The minimum Gasteiger partial charge on any atom is -0.361 e. The van der Waals surface area contributed by atoms with Crippen LogP contribution in [-0.2, 0) is 0 Å². The minimum absolute atomic E-state index is 0.253. The predicted octanol–water partition coefficient (Wildman–Crippen LogP) is 2.29. The van der Waals surface area contributed by atoms with Gasteiger partial charge >= 0.3 is 0 Å². The van der Waals surface area contributed by atoms with Crippen LogP contribution in [0.1, 0.15) is 5.56 Å². The van der Waals surface area contributed by atoms with E-state index in [1.54, 1.807) is 0 Å². The Kier molecular flexibility index (Phi) is 2.19. The quantitative estimate of drug-likeness (QED) is 0.654. The van der Waals surface area contributed by atoms with Crippen molar-refractivity contribution in [3.8, 4) is 11.8 Å². The fourth-order valence-corrected chi connectivity index (χ4v) is 1.29. The van der Waals surface area contributed by atoms with Crippen LogP contribution in [0.2, 0.25) is 0 Å². The van der Waals surface area contributed by atoms with Crippen LogP contribution in [0.15, 0.2) is 36.5 Å². The molecule has 0 aliphatic rings. The van der Waals surface area contributed by atoms with E-state index >= 15 is 0 Å². The van der Waals surface area contributed by atoms with Gasteiger partial charge in [0.1, 0.15) is 5.69 Å². The van der Waals surface area contributed by atoms with Crippen LogP contribution in [0.5, 0.6) is 0 Å². The first kappa shape index (κ1) is 8.98. The lowest BCUT2D eigenvalue weighted by atomic mass is 10.3. The Morgan fingerprint density at radius 1 is 1.33 bits per heavy atom. The molecule has 0 aliphatic heterocycles. The molecule has 0 unspecified atom stereocenters. The molecule has 2 aromatic rings. The number of benzene rings is 1. The van der Waals surface area contributed by atoms with Crippen molar-refractivity contribution in [2.45, 2.75) is 0 Å². The van der Waals surface area contributed by atoms with E-state index in [1.165, 1.54) is 10.9 Å². The molecule has 1 aromatic carbocycles. The molecule has 0 saturated heterocycles. The van der Waals surface area contributed by atoms with E-state index in [9.17, 15) is 0 Å². The van der Waals surface area contributed by atoms with Crippen LogP contribution in [-0.4, -0.2) is 9.78 Å². The minimum atomic E-state index is 0.253. The van der Waals surface area contributed by atoms with E-state index in [0.717, 1.165) is 5.69 Å². The van der Waals surface area contributed by atoms with E-state index < -0.39 is 0 Å². The number of para-hydroxylation sites is 1. The zero-order chi connectivity index (χ0) is 10.7. The highest BCUT2D eigenvalue weighted by atomic mass is 15.3. The summed E-state index contributed by atoms with van der Waals surface area (Å²) in [7, 11) is 0. The topological polar surface area (TPSA) is 46.0 Å². The number of hydrogen-bond acceptors (Lipinski definition) is 2. The highest BCUT2D eigenvalue weighted by molar-refractivity contribution is 5.56. The maximum absolute atomic E-state index is 8.76. The average molecular weight is 194 g/mol. The molecule has 4 heteroatoms. The van der Waals surface area contributed by atoms with Crippen LogP contribution >= 0.6 is 0 Å². The summed E-state index contributed by atoms with van der Waals surface area (Å²) in [6, 6.07) is 11.2. The van der Waals surface area contributed by atoms with Crippen molar-refractivity contribution < 1.29 is 0 Å². The van der Waals surface area contributed by atoms with E-state index in [2.05, 4.69) is 9.94 Å². The SMILES string of the molecule is [C-]#[N+]c1c(C#N)cnn1-c1ccccc1. The normalized spacial score (nSPS) is 9.20. The Labute approximate surface area is 86.8 Å². The van der Waals surface area contributed by atoms with Gasteiger partial charge < -0.3 is 4.85 Å². The van der Waals surface area contributed by atoms with Crippen molar-refractivity contribution in [2.75, 3.05) is 0 Å². The van der Waals surface area contributed by atoms with E-state index in [1.807, 2.05) is 36.4 Å². The van der Waals surface area contributed by atoms with Crippen molar-refractivity contribution >= 4 is 5.82 Å². The molecule has 0 fully saturated rings. The van der Waals surface area contributed by atoms with E-state index in [4.69, 9.17) is 11.8 Å². The Morgan fingerprint density at radius 2 is 2.07 bits per heavy atom. The molecule has 0 aliphatic carbocycles. The summed E-state index contributed by atoms with van der Waals surface area (Å²) in [5.41, 5.74) is 1.08. The van der Waals surface area contributed by atoms with E-state index in [-0.39, 0.29) is 5.82 Å². The molecule has 0 radical (unpaired) electrons. The molecule has 1 heterocycles. The summed E-state index contributed by atoms with van der Waals surface area (Å²) in [5.74, 6) is 0.253. The second-order valence-electron chi connectivity index (χ2n) is 2.85. The summed E-state index contributed by atoms with van der Waals surface area (Å²) in [6.45, 7) is 7.01. The monoisotopic (exact) mass is 194 g/mol. The molecule has 15 heavy (non-hydrogen) atoms. The molecular formula is C11H6N4. The van der Waals surface area contributed by atoms with Gasteiger partial charge in [-0.2, -0.15) is 9.94 Å². The molecule has 0 amide bonds. The average Bonchev–Trinajstić information content (AvgIpc) is 2.72. The molecule has 4 nitrogen and oxygen atoms in total. The van der Waals surface area contributed by atoms with Gasteiger partial charge in [-0.05, 0) is 12.1 Å². The van der Waals surface area contributed by atoms with E-state index in [0.29, 0.717) is 5.56 Å². The highest BCUT2D eigenvalue weighted by Crippen LogP contribution is 2.21. The number of rotatable bonds is 1. The first-order chi connectivity index (χ1) is 7.36. The van der Waals surface area contributed by atoms with Crippen molar-refractivity contribution in [1.82, 2.24) is 9.78 Å². The van der Waals surface area contributed by atoms with Gasteiger partial charge in [0.05, 0.1) is 17.8 Å². The molecule has 70 valence electrons. The highest BCUT2D eigenvalue weighted by Gasteiger charge is 2.12. The lowest BCUT2D eigenvalue weighted by molar-refractivity contribution is 0.895. The van der Waals surface area contributed by atoms with Crippen molar-refractivity contribution in [3.05, 3.63) is 53.5 Å². The van der Waals surface area contributed by atoms with Crippen LogP contribution in [0.4, 0.5) is 5.82 Å². The summed E-state index contributed by atoms with van der Waals surface area (Å²) in [6.07, 6.45) is 1.40. The van der Waals surface area contributed by atoms with Gasteiger partial charge in [0.15, 0.2) is 0 Å². The lowest BCUT2D eigenvalue weighted by Crippen LogP contribution is -1.93. The molecule has 2 rings (SSSR count). The molecule has 0 spiro atoms. The fraction of sp³-hybridized carbons (Fsp3) is 0. The van der Waals surface area contributed by atoms with Gasteiger partial charge in [0.2, 0.25) is 0 Å². The summed E-state index contributed by atoms with van der Waals surface area (Å²) < 4.78 is 1.46. The van der Waals surface area contributed by atoms with Crippen molar-refractivity contribution in [2.24, 2.45) is 0 Å². The summed E-state index contributed by atoms with van der Waals surface area (Å²) >= 11 is 0. The third-order valence-corrected chi connectivity index (χ3v) is 1.97. The van der Waals surface area contributed by atoms with Gasteiger partial charge in [-0.3, -0.25) is 0 Å². The number of nitrogens with zero attached hydrogens (tertiary/aromatic N) is 4. The Morgan fingerprint density at radius 3 is 2.67 bits per heavy atom. The smallest absolute Gasteiger partial charge is 0.275 e. The second-order valence-corrected chi connectivity index (χ2v) is 2.85. The first-order valence-corrected chi connectivity index (χ1v) is 4.28. The third kappa shape index (κ3) is 1.45. The van der Waals surface area contributed by atoms with Gasteiger partial charge in [-0.15, -0.1) is 5.10 Å². The van der Waals surface area contributed by atoms with Gasteiger partial charge in [-0.1, -0.05) is 24.8 Å². The maximum Gasteiger partial charge on any atom is 0.275 e. The lowest BCUT2D eigenvalue weighted by Gasteiger charge is -1.97. The Balaban J connectivity index is 2.62. The van der Waals surface area contributed by atoms with Crippen LogP contribution in [0, 0.1) is 17.9 Å². The largest absolute Gasteiger partial charge is 0.361 e. The standard InChI is InChI=1S/C11H6N4/c1-13-11-9(7-12)8-14-15(11)10-5-3-2-4-6-10/h2-6,8H. The Bertz CT molecular complexity index is 555. The molecule has 0 saturated carbocycles. The van der Waals surface area contributed by atoms with Crippen molar-refractivity contribution in [3.63, 3.8) is 0 Å². The summed E-state index contributed by atoms with van der Waals surface area (Å²) in [4.78, 5) is 3.31. The number of hydrogen-bond donors (Lipinski definition) is 0. The van der Waals surface area contributed by atoms with Gasteiger partial charge in [0.25, 0.3) is 5.82 Å².